The molecule has 0 aliphatic rings. The first-order valence-electron chi connectivity index (χ1n) is 8.43. The lowest BCUT2D eigenvalue weighted by Crippen LogP contribution is -2.00. The van der Waals surface area contributed by atoms with E-state index in [-0.39, 0.29) is 6.61 Å². The summed E-state index contributed by atoms with van der Waals surface area (Å²) in [7, 11) is 0. The molecule has 0 fully saturated rings. The third kappa shape index (κ3) is 29.0. The Balaban J connectivity index is 3.12. The molecule has 0 aliphatic heterocycles. The van der Waals surface area contributed by atoms with E-state index in [1.807, 2.05) is 82.3 Å². The Kier molecular flexibility index (Phi) is 32.1. The molecule has 0 saturated carbocycles. The van der Waals surface area contributed by atoms with E-state index in [0.717, 1.165) is 41.3 Å². The van der Waals surface area contributed by atoms with Gasteiger partial charge in [-0.1, -0.05) is 11.8 Å². The molecule has 29 heavy (non-hydrogen) atoms. The maximum atomic E-state index is 11.8. The molecule has 0 unspecified atom stereocenters. The van der Waals surface area contributed by atoms with Gasteiger partial charge in [-0.25, -0.2) is 9.78 Å². The summed E-state index contributed by atoms with van der Waals surface area (Å²) in [6, 6.07) is 0. The zero-order chi connectivity index (χ0) is 21.3. The van der Waals surface area contributed by atoms with Crippen LogP contribution in [0.25, 0.3) is 0 Å². The van der Waals surface area contributed by atoms with Crippen molar-refractivity contribution in [2.45, 2.75) is 0 Å². The van der Waals surface area contributed by atoms with Gasteiger partial charge in [-0.3, -0.25) is 4.79 Å². The smallest absolute Gasteiger partial charge is 0.199 e. The van der Waals surface area contributed by atoms with Gasteiger partial charge in [-0.15, -0.1) is 94.1 Å². The number of aliphatic hydroxyl groups excluding tert-OH is 1. The highest BCUT2D eigenvalue weighted by molar-refractivity contribution is 8.30. The Morgan fingerprint density at radius 3 is 2.03 bits per heavy atom. The van der Waals surface area contributed by atoms with Crippen molar-refractivity contribution in [3.05, 3.63) is 0 Å². The second-order valence-corrected chi connectivity index (χ2v) is 17.1. The van der Waals surface area contributed by atoms with E-state index in [1.165, 1.54) is 23.5 Å². The van der Waals surface area contributed by atoms with Crippen molar-refractivity contribution in [1.29, 1.82) is 0 Å². The lowest BCUT2D eigenvalue weighted by atomic mass is 10.9. The van der Waals surface area contributed by atoms with Crippen molar-refractivity contribution in [3.63, 3.8) is 0 Å². The molecule has 0 radical (unpaired) electrons. The first kappa shape index (κ1) is 32.0. The van der Waals surface area contributed by atoms with Crippen LogP contribution in [0, 0.1) is 0 Å². The summed E-state index contributed by atoms with van der Waals surface area (Å²) in [6.07, 6.45) is 2.13. The van der Waals surface area contributed by atoms with Crippen LogP contribution in [0.2, 0.25) is 0 Å². The maximum Gasteiger partial charge on any atom is 0.199 e. The monoisotopic (exact) mass is 594 g/mol. The van der Waals surface area contributed by atoms with Crippen LogP contribution in [0.15, 0.2) is 0 Å². The second-order valence-electron chi connectivity index (χ2n) is 4.60. The third-order valence-electron chi connectivity index (χ3n) is 2.32. The molecule has 0 aromatic carbocycles. The first-order valence-corrected chi connectivity index (χ1v) is 20.0. The van der Waals surface area contributed by atoms with Crippen LogP contribution in [-0.2, 0) is 14.6 Å². The van der Waals surface area contributed by atoms with Crippen molar-refractivity contribution < 1.29 is 19.7 Å². The predicted molar refractivity (Wildman–Crippen MR) is 155 cm³/mol. The van der Waals surface area contributed by atoms with Crippen LogP contribution in [-0.4, -0.2) is 88.5 Å². The van der Waals surface area contributed by atoms with Gasteiger partial charge < -0.3 is 5.11 Å². The van der Waals surface area contributed by atoms with Gasteiger partial charge in [-0.2, -0.15) is 11.8 Å². The Morgan fingerprint density at radius 2 is 1.34 bits per heavy atom. The summed E-state index contributed by atoms with van der Waals surface area (Å²) in [5.41, 5.74) is 0. The molecule has 0 atom stereocenters. The zero-order valence-electron chi connectivity index (χ0n) is 16.4. The molecule has 0 spiro atoms. The number of hydrogen-bond acceptors (Lipinski definition) is 14. The van der Waals surface area contributed by atoms with E-state index in [4.69, 9.17) is 14.9 Å². The Morgan fingerprint density at radius 1 is 0.724 bits per heavy atom. The Hall–Kier alpha value is 3.05. The summed E-state index contributed by atoms with van der Waals surface area (Å²) in [5, 5.41) is 16.2. The average molecular weight is 595 g/mol. The minimum atomic E-state index is 0.170. The minimum absolute atomic E-state index is 0.170. The summed E-state index contributed by atoms with van der Waals surface area (Å²) in [6.45, 7) is 0.755. The molecule has 0 bridgehead atoms. The van der Waals surface area contributed by atoms with Crippen LogP contribution in [0.4, 0.5) is 0 Å². The lowest BCUT2D eigenvalue weighted by molar-refractivity contribution is -0.274. The molecule has 174 valence electrons. The number of carbonyl (C=O) groups is 1. The Labute approximate surface area is 218 Å². The summed E-state index contributed by atoms with van der Waals surface area (Å²) < 4.78 is 0. The van der Waals surface area contributed by atoms with E-state index >= 15 is 0 Å². The van der Waals surface area contributed by atoms with E-state index in [0.29, 0.717) is 29.2 Å². The van der Waals surface area contributed by atoms with Crippen LogP contribution in [0.3, 0.4) is 0 Å². The van der Waals surface area contributed by atoms with Gasteiger partial charge in [0.15, 0.2) is 5.12 Å². The maximum absolute atomic E-state index is 11.8. The van der Waals surface area contributed by atoms with E-state index in [1.54, 1.807) is 11.8 Å². The van der Waals surface area contributed by atoms with Gasteiger partial charge in [0.1, 0.15) is 5.94 Å². The third-order valence-corrected chi connectivity index (χ3v) is 14.0. The largest absolute Gasteiger partial charge is 0.396 e. The zero-order valence-corrected chi connectivity index (χ0v) is 24.6. The molecule has 0 rings (SSSR count). The fourth-order valence-corrected chi connectivity index (χ4v) is 11.7. The number of carbonyl (C=O) groups excluding carboxylic acids is 1. The topological polar surface area (TPSA) is 55.8 Å². The average Bonchev–Trinajstić information content (AvgIpc) is 2.72. The molecule has 0 aromatic rings. The highest BCUT2D eigenvalue weighted by Crippen LogP contribution is 2.24. The first-order chi connectivity index (χ1) is 14.3. The van der Waals surface area contributed by atoms with Gasteiger partial charge in [0.25, 0.3) is 0 Å². The van der Waals surface area contributed by atoms with Crippen LogP contribution in [0.1, 0.15) is 0 Å². The molecule has 4 nitrogen and oxygen atoms in total. The predicted octanol–water partition coefficient (Wildman–Crippen LogP) is 6.08. The standard InChI is InChI=1S/C15H30O4S10/c1-20-8-24-11-27-13-28-14-29-15(17)6-23-10-26-12-25-9-22-5-3-18-19-7-21-4-2-16/h16H,2-14H2,1H3. The molecule has 0 aliphatic carbocycles. The lowest BCUT2D eigenvalue weighted by Gasteiger charge is -2.04. The fourth-order valence-electron chi connectivity index (χ4n) is 1.22. The van der Waals surface area contributed by atoms with Crippen molar-refractivity contribution in [1.82, 2.24) is 0 Å². The van der Waals surface area contributed by atoms with Crippen molar-refractivity contribution in [2.24, 2.45) is 0 Å². The highest BCUT2D eigenvalue weighted by Gasteiger charge is 2.03. The van der Waals surface area contributed by atoms with Crippen LogP contribution in [0.5, 0.6) is 0 Å². The number of thioether (sulfide) groups is 10. The highest BCUT2D eigenvalue weighted by atomic mass is 32.3. The molecular weight excluding hydrogens is 565 g/mol. The molecule has 1 N–H and O–H groups in total. The SMILES string of the molecule is CSCSCSCSCSC(=O)CSCSCSCSCCOOCSCCO. The van der Waals surface area contributed by atoms with Gasteiger partial charge >= 0.3 is 0 Å². The van der Waals surface area contributed by atoms with Gasteiger partial charge in [0, 0.05) is 47.1 Å². The number of aliphatic hydroxyl groups is 1. The molecule has 0 aromatic heterocycles. The second kappa shape index (κ2) is 29.1. The van der Waals surface area contributed by atoms with Crippen LogP contribution < -0.4 is 0 Å². The van der Waals surface area contributed by atoms with E-state index < -0.39 is 0 Å². The van der Waals surface area contributed by atoms with Crippen molar-refractivity contribution in [2.75, 3.05) is 78.3 Å². The van der Waals surface area contributed by atoms with Crippen molar-refractivity contribution >= 4 is 123 Å². The normalized spacial score (nSPS) is 11.2. The Bertz CT molecular complexity index is 344. The van der Waals surface area contributed by atoms with E-state index in [2.05, 4.69) is 6.26 Å². The fraction of sp³-hybridized carbons (Fsp3) is 0.933. The minimum Gasteiger partial charge on any atom is -0.396 e. The number of rotatable bonds is 24. The van der Waals surface area contributed by atoms with Gasteiger partial charge in [0.2, 0.25) is 0 Å². The molecule has 0 saturated heterocycles. The quantitative estimate of drug-likeness (QED) is 0.0608. The molecule has 14 heteroatoms. The number of hydrogen-bond donors (Lipinski definition) is 1. The molecular formula is C15H30O4S10. The molecule has 0 amide bonds. The van der Waals surface area contributed by atoms with Crippen molar-refractivity contribution in [3.8, 4) is 0 Å². The van der Waals surface area contributed by atoms with Crippen LogP contribution >= 0.6 is 118 Å². The van der Waals surface area contributed by atoms with E-state index in [9.17, 15) is 4.79 Å². The summed E-state index contributed by atoms with van der Waals surface area (Å²) in [5.74, 6) is 2.66. The van der Waals surface area contributed by atoms with Gasteiger partial charge in [-0.05, 0) is 6.26 Å². The molecule has 0 heterocycles. The van der Waals surface area contributed by atoms with Gasteiger partial charge in [0.05, 0.1) is 19.0 Å². The summed E-state index contributed by atoms with van der Waals surface area (Å²) in [4.78, 5) is 21.8. The summed E-state index contributed by atoms with van der Waals surface area (Å²) >= 11 is 17.9.